The van der Waals surface area contributed by atoms with E-state index in [-0.39, 0.29) is 11.5 Å². The molecule has 0 aromatic carbocycles. The largest absolute Gasteiger partial charge is 0.393 e. The maximum absolute atomic E-state index is 11.3. The second-order valence-corrected chi connectivity index (χ2v) is 3.14. The first-order chi connectivity index (χ1) is 5.57. The van der Waals surface area contributed by atoms with Crippen molar-refractivity contribution >= 4 is 5.69 Å². The lowest BCUT2D eigenvalue weighted by Gasteiger charge is -2.01. The molecule has 12 heavy (non-hydrogen) atoms. The summed E-state index contributed by atoms with van der Waals surface area (Å²) in [6.07, 6.45) is 0. The van der Waals surface area contributed by atoms with Crippen molar-refractivity contribution in [3.63, 3.8) is 0 Å². The number of hydrogen-bond acceptors (Lipinski definition) is 2. The number of nitrogens with zero attached hydrogens (tertiary/aromatic N) is 1. The van der Waals surface area contributed by atoms with Crippen molar-refractivity contribution in [3.05, 3.63) is 16.0 Å². The monoisotopic (exact) mass is 169 g/mol. The Hall–Kier alpha value is -1.19. The molecule has 1 heterocycles. The highest BCUT2D eigenvalue weighted by atomic mass is 16.1. The Morgan fingerprint density at radius 1 is 1.58 bits per heavy atom. The standard InChI is InChI=1S/C8H15N3O/c1-4-11-8(12)6(9)7(10-11)5(2)3/h5,10H,4,9H2,1-3H3. The van der Waals surface area contributed by atoms with E-state index < -0.39 is 0 Å². The third kappa shape index (κ3) is 1.24. The van der Waals surface area contributed by atoms with Gasteiger partial charge in [-0.05, 0) is 12.8 Å². The molecule has 0 fully saturated rings. The number of H-pyrrole nitrogens is 1. The van der Waals surface area contributed by atoms with Gasteiger partial charge in [-0.1, -0.05) is 13.8 Å². The first kappa shape index (κ1) is 8.90. The van der Waals surface area contributed by atoms with Gasteiger partial charge in [-0.15, -0.1) is 0 Å². The van der Waals surface area contributed by atoms with Crippen LogP contribution in [0, 0.1) is 0 Å². The fourth-order valence-electron chi connectivity index (χ4n) is 1.18. The number of hydrogen-bond donors (Lipinski definition) is 2. The van der Waals surface area contributed by atoms with Crippen LogP contribution >= 0.6 is 0 Å². The zero-order valence-electron chi connectivity index (χ0n) is 7.72. The highest BCUT2D eigenvalue weighted by Crippen LogP contribution is 2.15. The van der Waals surface area contributed by atoms with Crippen molar-refractivity contribution in [1.82, 2.24) is 9.78 Å². The highest BCUT2D eigenvalue weighted by Gasteiger charge is 2.11. The Kier molecular flexibility index (Phi) is 2.26. The van der Waals surface area contributed by atoms with Crippen LogP contribution < -0.4 is 11.3 Å². The van der Waals surface area contributed by atoms with Crippen LogP contribution in [0.15, 0.2) is 4.79 Å². The van der Waals surface area contributed by atoms with Gasteiger partial charge in [-0.3, -0.25) is 14.6 Å². The molecular formula is C8H15N3O. The predicted octanol–water partition coefficient (Wildman–Crippen LogP) is 0.902. The molecule has 0 spiro atoms. The van der Waals surface area contributed by atoms with E-state index in [1.807, 2.05) is 20.8 Å². The molecule has 0 atom stereocenters. The Balaban J connectivity index is 3.25. The number of aryl methyl sites for hydroxylation is 1. The van der Waals surface area contributed by atoms with Gasteiger partial charge < -0.3 is 5.73 Å². The van der Waals surface area contributed by atoms with E-state index in [1.165, 1.54) is 4.68 Å². The zero-order valence-corrected chi connectivity index (χ0v) is 7.72. The Bertz CT molecular complexity index is 322. The molecule has 0 radical (unpaired) electrons. The second kappa shape index (κ2) is 3.05. The first-order valence-electron chi connectivity index (χ1n) is 4.16. The molecule has 1 rings (SSSR count). The summed E-state index contributed by atoms with van der Waals surface area (Å²) in [6.45, 7) is 6.54. The SMILES string of the molecule is CCn1[nH]c(C(C)C)c(N)c1=O. The van der Waals surface area contributed by atoms with E-state index in [0.717, 1.165) is 5.69 Å². The fourth-order valence-corrected chi connectivity index (χ4v) is 1.18. The van der Waals surface area contributed by atoms with E-state index >= 15 is 0 Å². The topological polar surface area (TPSA) is 63.8 Å². The van der Waals surface area contributed by atoms with Crippen LogP contribution in [-0.4, -0.2) is 9.78 Å². The van der Waals surface area contributed by atoms with Gasteiger partial charge in [-0.2, -0.15) is 0 Å². The molecule has 4 heteroatoms. The van der Waals surface area contributed by atoms with Crippen LogP contribution in [0.1, 0.15) is 32.4 Å². The highest BCUT2D eigenvalue weighted by molar-refractivity contribution is 5.42. The molecule has 0 saturated carbocycles. The van der Waals surface area contributed by atoms with Crippen LogP contribution in [0.3, 0.4) is 0 Å². The van der Waals surface area contributed by atoms with Crippen molar-refractivity contribution in [1.29, 1.82) is 0 Å². The molecule has 4 nitrogen and oxygen atoms in total. The van der Waals surface area contributed by atoms with Gasteiger partial charge in [-0.25, -0.2) is 0 Å². The summed E-state index contributed by atoms with van der Waals surface area (Å²) in [4.78, 5) is 11.3. The van der Waals surface area contributed by atoms with Crippen molar-refractivity contribution in [2.75, 3.05) is 5.73 Å². The molecule has 0 aliphatic heterocycles. The number of nitrogens with two attached hydrogens (primary N) is 1. The molecule has 3 N–H and O–H groups in total. The van der Waals surface area contributed by atoms with Crippen molar-refractivity contribution < 1.29 is 0 Å². The molecule has 0 amide bonds. The minimum Gasteiger partial charge on any atom is -0.393 e. The maximum Gasteiger partial charge on any atom is 0.289 e. The van der Waals surface area contributed by atoms with E-state index in [0.29, 0.717) is 12.2 Å². The Morgan fingerprint density at radius 3 is 2.42 bits per heavy atom. The van der Waals surface area contributed by atoms with Crippen LogP contribution in [0.4, 0.5) is 5.69 Å². The fraction of sp³-hybridized carbons (Fsp3) is 0.625. The van der Waals surface area contributed by atoms with E-state index in [4.69, 9.17) is 5.73 Å². The number of rotatable bonds is 2. The lowest BCUT2D eigenvalue weighted by molar-refractivity contribution is 0.618. The molecule has 1 aromatic heterocycles. The third-order valence-electron chi connectivity index (χ3n) is 1.91. The molecule has 0 unspecified atom stereocenters. The minimum absolute atomic E-state index is 0.110. The van der Waals surface area contributed by atoms with Gasteiger partial charge in [0.05, 0.1) is 5.69 Å². The summed E-state index contributed by atoms with van der Waals surface area (Å²) in [6, 6.07) is 0. The molecule has 68 valence electrons. The van der Waals surface area contributed by atoms with Gasteiger partial charge in [0, 0.05) is 6.54 Å². The molecule has 0 saturated heterocycles. The maximum atomic E-state index is 11.3. The van der Waals surface area contributed by atoms with Gasteiger partial charge in [0.25, 0.3) is 5.56 Å². The van der Waals surface area contributed by atoms with Crippen molar-refractivity contribution in [3.8, 4) is 0 Å². The predicted molar refractivity (Wildman–Crippen MR) is 49.2 cm³/mol. The summed E-state index contributed by atoms with van der Waals surface area (Å²) >= 11 is 0. The number of aromatic nitrogens is 2. The molecule has 1 aromatic rings. The average molecular weight is 169 g/mol. The van der Waals surface area contributed by atoms with Crippen molar-refractivity contribution in [2.24, 2.45) is 0 Å². The molecule has 0 bridgehead atoms. The van der Waals surface area contributed by atoms with E-state index in [2.05, 4.69) is 5.10 Å². The second-order valence-electron chi connectivity index (χ2n) is 3.14. The summed E-state index contributed by atoms with van der Waals surface area (Å²) in [7, 11) is 0. The van der Waals surface area contributed by atoms with E-state index in [1.54, 1.807) is 0 Å². The van der Waals surface area contributed by atoms with E-state index in [9.17, 15) is 4.79 Å². The summed E-state index contributed by atoms with van der Waals surface area (Å²) in [5, 5.41) is 2.98. The van der Waals surface area contributed by atoms with Crippen LogP contribution in [0.25, 0.3) is 0 Å². The lowest BCUT2D eigenvalue weighted by atomic mass is 10.1. The summed E-state index contributed by atoms with van der Waals surface area (Å²) in [5.74, 6) is 0.269. The first-order valence-corrected chi connectivity index (χ1v) is 4.16. The minimum atomic E-state index is -0.110. The third-order valence-corrected chi connectivity index (χ3v) is 1.91. The van der Waals surface area contributed by atoms with Crippen LogP contribution in [-0.2, 0) is 6.54 Å². The Morgan fingerprint density at radius 2 is 2.17 bits per heavy atom. The zero-order chi connectivity index (χ0) is 9.30. The summed E-state index contributed by atoms with van der Waals surface area (Å²) < 4.78 is 1.52. The van der Waals surface area contributed by atoms with Crippen LogP contribution in [0.2, 0.25) is 0 Å². The lowest BCUT2D eigenvalue weighted by Crippen LogP contribution is -2.17. The van der Waals surface area contributed by atoms with Crippen LogP contribution in [0.5, 0.6) is 0 Å². The molecule has 0 aliphatic carbocycles. The number of aromatic amines is 1. The van der Waals surface area contributed by atoms with Gasteiger partial charge in [0.15, 0.2) is 0 Å². The Labute approximate surface area is 71.4 Å². The van der Waals surface area contributed by atoms with Gasteiger partial charge in [0.2, 0.25) is 0 Å². The molecular weight excluding hydrogens is 154 g/mol. The summed E-state index contributed by atoms with van der Waals surface area (Å²) in [5.41, 5.74) is 6.69. The van der Waals surface area contributed by atoms with Crippen molar-refractivity contribution in [2.45, 2.75) is 33.2 Å². The average Bonchev–Trinajstić information content (AvgIpc) is 2.30. The quantitative estimate of drug-likeness (QED) is 0.691. The van der Waals surface area contributed by atoms with Gasteiger partial charge in [0.1, 0.15) is 5.69 Å². The number of nitrogen functional groups attached to an aromatic ring is 1. The normalized spacial score (nSPS) is 11.0. The molecule has 0 aliphatic rings. The number of nitrogens with one attached hydrogen (secondary N) is 1. The smallest absolute Gasteiger partial charge is 0.289 e. The number of anilines is 1. The van der Waals surface area contributed by atoms with Gasteiger partial charge >= 0.3 is 0 Å².